The molecule has 0 aromatic rings. The molecular formula is C7H14N2O2S. The van der Waals surface area contributed by atoms with Gasteiger partial charge in [-0.1, -0.05) is 6.92 Å². The van der Waals surface area contributed by atoms with E-state index in [1.165, 1.54) is 11.8 Å². The Hall–Kier alpha value is -0.550. The molecule has 0 amide bonds. The minimum absolute atomic E-state index is 0.264. The zero-order chi connectivity index (χ0) is 9.61. The molecule has 0 fully saturated rings. The van der Waals surface area contributed by atoms with E-state index in [1.807, 2.05) is 6.92 Å². The third-order valence-corrected chi connectivity index (χ3v) is 2.72. The molecule has 0 heterocycles. The topological polar surface area (TPSA) is 87.2 Å². The molecule has 0 rings (SSSR count). The molecule has 12 heavy (non-hydrogen) atoms. The van der Waals surface area contributed by atoms with Gasteiger partial charge in [0.15, 0.2) is 5.54 Å². The van der Waals surface area contributed by atoms with Gasteiger partial charge in [0.25, 0.3) is 0 Å². The van der Waals surface area contributed by atoms with Crippen molar-refractivity contribution in [2.24, 2.45) is 5.73 Å². The van der Waals surface area contributed by atoms with Crippen LogP contribution in [-0.2, 0) is 4.79 Å². The molecule has 0 aliphatic carbocycles. The maximum absolute atomic E-state index is 10.6. The summed E-state index contributed by atoms with van der Waals surface area (Å²) in [6.07, 6.45) is 1.77. The van der Waals surface area contributed by atoms with E-state index in [0.29, 0.717) is 0 Å². The van der Waals surface area contributed by atoms with Crippen LogP contribution in [-0.4, -0.2) is 34.3 Å². The lowest BCUT2D eigenvalue weighted by atomic mass is 10.1. The maximum atomic E-state index is 10.6. The van der Waals surface area contributed by atoms with Crippen molar-refractivity contribution in [3.63, 3.8) is 0 Å². The lowest BCUT2D eigenvalue weighted by Crippen LogP contribution is -2.51. The lowest BCUT2D eigenvalue weighted by Gasteiger charge is -2.17. The van der Waals surface area contributed by atoms with Gasteiger partial charge in [-0.3, -0.25) is 0 Å². The Kier molecular flexibility index (Phi) is 4.92. The molecule has 0 spiro atoms. The van der Waals surface area contributed by atoms with E-state index in [1.54, 1.807) is 0 Å². The third kappa shape index (κ3) is 3.23. The van der Waals surface area contributed by atoms with Gasteiger partial charge in [0.2, 0.25) is 0 Å². The average molecular weight is 190 g/mol. The predicted molar refractivity (Wildman–Crippen MR) is 51.0 cm³/mol. The molecule has 0 aliphatic rings. The van der Waals surface area contributed by atoms with Crippen LogP contribution in [0.25, 0.3) is 0 Å². The monoisotopic (exact) mass is 190 g/mol. The zero-order valence-corrected chi connectivity index (χ0v) is 7.86. The molecule has 0 aromatic carbocycles. The van der Waals surface area contributed by atoms with Crippen molar-refractivity contribution in [3.05, 3.63) is 0 Å². The van der Waals surface area contributed by atoms with Crippen LogP contribution >= 0.6 is 11.8 Å². The van der Waals surface area contributed by atoms with E-state index in [2.05, 4.69) is 0 Å². The van der Waals surface area contributed by atoms with Gasteiger partial charge in [-0.25, -0.2) is 4.79 Å². The summed E-state index contributed by atoms with van der Waals surface area (Å²) in [4.78, 5) is 10.6. The average Bonchev–Trinajstić information content (AvgIpc) is 2.04. The standard InChI is InChI=1S/C7H14N2O2S/c1-2-3-12-5-7(9,4-8)6(10)11/h4,8H,2-3,5,9H2,1H3,(H,10,11)/t7-/m1/s1. The number of nitrogens with two attached hydrogens (primary N) is 1. The number of nitrogens with one attached hydrogen (secondary N) is 1. The number of carboxylic acids is 1. The van der Waals surface area contributed by atoms with Gasteiger partial charge in [0, 0.05) is 12.0 Å². The van der Waals surface area contributed by atoms with Crippen molar-refractivity contribution < 1.29 is 9.90 Å². The lowest BCUT2D eigenvalue weighted by molar-refractivity contribution is -0.139. The SMILES string of the molecule is CCCSC[C@](N)(C=N)C(=O)O. The molecular weight excluding hydrogens is 176 g/mol. The second kappa shape index (κ2) is 5.16. The Bertz CT molecular complexity index is 175. The maximum Gasteiger partial charge on any atom is 0.330 e. The smallest absolute Gasteiger partial charge is 0.330 e. The number of carbonyl (C=O) groups is 1. The summed E-state index contributed by atoms with van der Waals surface area (Å²) in [6, 6.07) is 0. The summed E-state index contributed by atoms with van der Waals surface area (Å²) >= 11 is 1.46. The fourth-order valence-corrected chi connectivity index (χ4v) is 1.53. The molecule has 5 heteroatoms. The van der Waals surface area contributed by atoms with Crippen molar-refractivity contribution >= 4 is 23.9 Å². The Morgan fingerprint density at radius 3 is 2.75 bits per heavy atom. The van der Waals surface area contributed by atoms with E-state index in [9.17, 15) is 4.79 Å². The van der Waals surface area contributed by atoms with Gasteiger partial charge in [0.05, 0.1) is 0 Å². The summed E-state index contributed by atoms with van der Waals surface area (Å²) in [6.45, 7) is 2.01. The van der Waals surface area contributed by atoms with E-state index in [4.69, 9.17) is 16.2 Å². The Morgan fingerprint density at radius 2 is 2.42 bits per heavy atom. The minimum Gasteiger partial charge on any atom is -0.480 e. The number of rotatable bonds is 6. The fourth-order valence-electron chi connectivity index (χ4n) is 0.551. The highest BCUT2D eigenvalue weighted by Crippen LogP contribution is 2.10. The fraction of sp³-hybridized carbons (Fsp3) is 0.714. The molecule has 70 valence electrons. The molecule has 4 nitrogen and oxygen atoms in total. The van der Waals surface area contributed by atoms with Gasteiger partial charge >= 0.3 is 5.97 Å². The highest BCUT2D eigenvalue weighted by molar-refractivity contribution is 7.99. The van der Waals surface area contributed by atoms with Crippen LogP contribution in [0.5, 0.6) is 0 Å². The van der Waals surface area contributed by atoms with E-state index < -0.39 is 11.5 Å². The van der Waals surface area contributed by atoms with E-state index in [0.717, 1.165) is 18.4 Å². The predicted octanol–water partition coefficient (Wildman–Crippen LogP) is 0.561. The first-order chi connectivity index (χ1) is 5.56. The molecule has 0 aromatic heterocycles. The first kappa shape index (κ1) is 11.4. The van der Waals surface area contributed by atoms with Crippen LogP contribution in [0.2, 0.25) is 0 Å². The number of thioether (sulfide) groups is 1. The van der Waals surface area contributed by atoms with E-state index >= 15 is 0 Å². The molecule has 1 atom stereocenters. The third-order valence-electron chi connectivity index (χ3n) is 1.35. The number of carboxylic acid groups (broad SMARTS) is 1. The van der Waals surface area contributed by atoms with Gasteiger partial charge in [-0.05, 0) is 12.2 Å². The van der Waals surface area contributed by atoms with Crippen molar-refractivity contribution in [1.29, 1.82) is 5.41 Å². The van der Waals surface area contributed by atoms with Crippen LogP contribution in [0.4, 0.5) is 0 Å². The molecule has 4 N–H and O–H groups in total. The number of hydrogen-bond acceptors (Lipinski definition) is 4. The normalized spacial score (nSPS) is 15.2. The zero-order valence-electron chi connectivity index (χ0n) is 7.04. The van der Waals surface area contributed by atoms with Gasteiger partial charge in [-0.15, -0.1) is 0 Å². The molecule has 0 unspecified atom stereocenters. The molecule has 0 aliphatic heterocycles. The van der Waals surface area contributed by atoms with Crippen molar-refractivity contribution in [2.45, 2.75) is 18.9 Å². The Morgan fingerprint density at radius 1 is 1.83 bits per heavy atom. The van der Waals surface area contributed by atoms with Crippen LogP contribution in [0.3, 0.4) is 0 Å². The first-order valence-electron chi connectivity index (χ1n) is 3.68. The van der Waals surface area contributed by atoms with Crippen molar-refractivity contribution in [3.8, 4) is 0 Å². The van der Waals surface area contributed by atoms with Gasteiger partial charge in [0.1, 0.15) is 0 Å². The minimum atomic E-state index is -1.49. The summed E-state index contributed by atoms with van der Waals surface area (Å²) in [5, 5.41) is 15.5. The van der Waals surface area contributed by atoms with Crippen LogP contribution in [0.1, 0.15) is 13.3 Å². The van der Waals surface area contributed by atoms with Crippen molar-refractivity contribution in [2.75, 3.05) is 11.5 Å². The van der Waals surface area contributed by atoms with Gasteiger partial charge in [-0.2, -0.15) is 11.8 Å². The number of aliphatic carboxylic acids is 1. The van der Waals surface area contributed by atoms with E-state index in [-0.39, 0.29) is 5.75 Å². The molecule has 0 radical (unpaired) electrons. The largest absolute Gasteiger partial charge is 0.480 e. The molecule has 0 saturated carbocycles. The summed E-state index contributed by atoms with van der Waals surface area (Å²) in [5.41, 5.74) is 3.93. The first-order valence-corrected chi connectivity index (χ1v) is 4.84. The number of hydrogen-bond donors (Lipinski definition) is 3. The Labute approximate surface area is 76.0 Å². The quantitative estimate of drug-likeness (QED) is 0.422. The summed E-state index contributed by atoms with van der Waals surface area (Å²) in [5.74, 6) is 0.000767. The highest BCUT2D eigenvalue weighted by Gasteiger charge is 2.30. The Balaban J connectivity index is 3.97. The van der Waals surface area contributed by atoms with Gasteiger partial charge < -0.3 is 16.2 Å². The highest BCUT2D eigenvalue weighted by atomic mass is 32.2. The van der Waals surface area contributed by atoms with Crippen LogP contribution in [0.15, 0.2) is 0 Å². The van der Waals surface area contributed by atoms with Crippen molar-refractivity contribution in [1.82, 2.24) is 0 Å². The second-order valence-corrected chi connectivity index (χ2v) is 3.65. The summed E-state index contributed by atoms with van der Waals surface area (Å²) < 4.78 is 0. The molecule has 0 bridgehead atoms. The summed E-state index contributed by atoms with van der Waals surface area (Å²) in [7, 11) is 0. The van der Waals surface area contributed by atoms with Crippen LogP contribution < -0.4 is 5.73 Å². The second-order valence-electron chi connectivity index (χ2n) is 2.54. The molecule has 0 saturated heterocycles. The van der Waals surface area contributed by atoms with Crippen LogP contribution in [0, 0.1) is 5.41 Å².